The third-order valence-electron chi connectivity index (χ3n) is 7.13. The van der Waals surface area contributed by atoms with Gasteiger partial charge in [-0.05, 0) is 80.8 Å². The lowest BCUT2D eigenvalue weighted by Gasteiger charge is -2.56. The van der Waals surface area contributed by atoms with E-state index in [-0.39, 0.29) is 5.91 Å². The molecular weight excluding hydrogens is 382 g/mol. The maximum absolute atomic E-state index is 12.6. The van der Waals surface area contributed by atoms with Gasteiger partial charge < -0.3 is 9.88 Å². The summed E-state index contributed by atoms with van der Waals surface area (Å²) in [4.78, 5) is 16.7. The molecule has 7 heteroatoms. The van der Waals surface area contributed by atoms with Crippen LogP contribution >= 0.6 is 11.8 Å². The van der Waals surface area contributed by atoms with E-state index in [9.17, 15) is 4.79 Å². The molecule has 4 aliphatic carbocycles. The van der Waals surface area contributed by atoms with Crippen LogP contribution in [0.3, 0.4) is 0 Å². The highest BCUT2D eigenvalue weighted by molar-refractivity contribution is 7.99. The number of carbonyl (C=O) groups is 1. The SMILES string of the molecule is CCn1c(SCC(=O)NCC23CC4CC(CC(C4)C2)C3)nnc1-c1ccncc1. The van der Waals surface area contributed by atoms with Crippen LogP contribution in [0.25, 0.3) is 11.4 Å². The van der Waals surface area contributed by atoms with E-state index in [0.29, 0.717) is 11.2 Å². The maximum Gasteiger partial charge on any atom is 0.230 e. The summed E-state index contributed by atoms with van der Waals surface area (Å²) < 4.78 is 2.06. The summed E-state index contributed by atoms with van der Waals surface area (Å²) in [6.07, 6.45) is 11.8. The summed E-state index contributed by atoms with van der Waals surface area (Å²) in [5.74, 6) is 4.08. The van der Waals surface area contributed by atoms with Gasteiger partial charge in [0.25, 0.3) is 0 Å². The number of rotatable bonds is 7. The lowest BCUT2D eigenvalue weighted by Crippen LogP contribution is -2.51. The first-order valence-electron chi connectivity index (χ1n) is 10.9. The summed E-state index contributed by atoms with van der Waals surface area (Å²) in [5, 5.41) is 12.7. The van der Waals surface area contributed by atoms with Crippen molar-refractivity contribution in [2.75, 3.05) is 12.3 Å². The summed E-state index contributed by atoms with van der Waals surface area (Å²) >= 11 is 1.47. The second kappa shape index (κ2) is 7.74. The summed E-state index contributed by atoms with van der Waals surface area (Å²) in [7, 11) is 0. The van der Waals surface area contributed by atoms with Crippen molar-refractivity contribution in [2.45, 2.75) is 57.1 Å². The molecule has 6 nitrogen and oxygen atoms in total. The standard InChI is InChI=1S/C22H29N5OS/c1-2-27-20(18-3-5-23-6-4-18)25-26-21(27)29-13-19(28)24-14-22-10-15-7-16(11-22)9-17(8-15)12-22/h3-6,15-17H,2,7-14H2,1H3,(H,24,28). The predicted molar refractivity (Wildman–Crippen MR) is 113 cm³/mol. The number of amides is 1. The van der Waals surface area contributed by atoms with Gasteiger partial charge in [0.15, 0.2) is 11.0 Å². The predicted octanol–water partition coefficient (Wildman–Crippen LogP) is 3.78. The van der Waals surface area contributed by atoms with Gasteiger partial charge in [-0.25, -0.2) is 0 Å². The zero-order chi connectivity index (χ0) is 19.8. The Morgan fingerprint density at radius 3 is 2.41 bits per heavy atom. The van der Waals surface area contributed by atoms with E-state index in [0.717, 1.165) is 47.4 Å². The van der Waals surface area contributed by atoms with Crippen molar-refractivity contribution >= 4 is 17.7 Å². The van der Waals surface area contributed by atoms with Gasteiger partial charge in [-0.3, -0.25) is 9.78 Å². The zero-order valence-corrected chi connectivity index (χ0v) is 17.8. The normalized spacial score (nSPS) is 29.9. The molecular formula is C22H29N5OS. The van der Waals surface area contributed by atoms with Crippen LogP contribution in [0.5, 0.6) is 0 Å². The Balaban J connectivity index is 1.18. The monoisotopic (exact) mass is 411 g/mol. The number of nitrogens with zero attached hydrogens (tertiary/aromatic N) is 4. The first-order valence-corrected chi connectivity index (χ1v) is 11.9. The van der Waals surface area contributed by atoms with E-state index in [4.69, 9.17) is 0 Å². The minimum atomic E-state index is 0.113. The molecule has 6 rings (SSSR count). The van der Waals surface area contributed by atoms with Crippen LogP contribution in [0.4, 0.5) is 0 Å². The van der Waals surface area contributed by atoms with Crippen LogP contribution in [0, 0.1) is 23.2 Å². The topological polar surface area (TPSA) is 72.7 Å². The summed E-state index contributed by atoms with van der Waals surface area (Å²) in [6, 6.07) is 3.87. The van der Waals surface area contributed by atoms with Crippen LogP contribution in [0.1, 0.15) is 45.4 Å². The highest BCUT2D eigenvalue weighted by Gasteiger charge is 2.50. The average molecular weight is 412 g/mol. The average Bonchev–Trinajstić information content (AvgIpc) is 3.13. The minimum absolute atomic E-state index is 0.113. The molecule has 29 heavy (non-hydrogen) atoms. The fraction of sp³-hybridized carbons (Fsp3) is 0.636. The van der Waals surface area contributed by atoms with E-state index in [1.54, 1.807) is 12.4 Å². The second-order valence-corrected chi connectivity index (χ2v) is 10.2. The molecule has 0 saturated heterocycles. The fourth-order valence-electron chi connectivity index (χ4n) is 6.37. The van der Waals surface area contributed by atoms with Gasteiger partial charge in [0, 0.05) is 31.0 Å². The van der Waals surface area contributed by atoms with Crippen LogP contribution in [-0.4, -0.2) is 38.0 Å². The van der Waals surface area contributed by atoms with Crippen molar-refractivity contribution in [1.82, 2.24) is 25.1 Å². The van der Waals surface area contributed by atoms with Crippen LogP contribution in [0.2, 0.25) is 0 Å². The minimum Gasteiger partial charge on any atom is -0.355 e. The smallest absolute Gasteiger partial charge is 0.230 e. The first kappa shape index (κ1) is 19.1. The van der Waals surface area contributed by atoms with Gasteiger partial charge >= 0.3 is 0 Å². The van der Waals surface area contributed by atoms with E-state index in [1.165, 1.54) is 50.3 Å². The van der Waals surface area contributed by atoms with Crippen molar-refractivity contribution in [3.63, 3.8) is 0 Å². The van der Waals surface area contributed by atoms with Gasteiger partial charge in [0.05, 0.1) is 5.75 Å². The number of thioether (sulfide) groups is 1. The zero-order valence-electron chi connectivity index (χ0n) is 17.0. The highest BCUT2D eigenvalue weighted by atomic mass is 32.2. The van der Waals surface area contributed by atoms with Crippen LogP contribution < -0.4 is 5.32 Å². The van der Waals surface area contributed by atoms with E-state index in [1.807, 2.05) is 12.1 Å². The van der Waals surface area contributed by atoms with E-state index in [2.05, 4.69) is 32.0 Å². The molecule has 2 heterocycles. The van der Waals surface area contributed by atoms with Gasteiger partial charge in [-0.2, -0.15) is 0 Å². The summed E-state index contributed by atoms with van der Waals surface area (Å²) in [5.41, 5.74) is 1.38. The molecule has 2 aromatic heterocycles. The second-order valence-electron chi connectivity index (χ2n) is 9.27. The van der Waals surface area contributed by atoms with Gasteiger partial charge in [-0.15, -0.1) is 10.2 Å². The number of hydrogen-bond acceptors (Lipinski definition) is 5. The Morgan fingerprint density at radius 2 is 1.79 bits per heavy atom. The molecule has 4 aliphatic rings. The van der Waals surface area contributed by atoms with E-state index < -0.39 is 0 Å². The number of pyridine rings is 1. The molecule has 0 radical (unpaired) electrons. The lowest BCUT2D eigenvalue weighted by atomic mass is 9.49. The molecule has 154 valence electrons. The van der Waals surface area contributed by atoms with Crippen molar-refractivity contribution in [2.24, 2.45) is 23.2 Å². The third kappa shape index (κ3) is 3.81. The highest BCUT2D eigenvalue weighted by Crippen LogP contribution is 2.59. The van der Waals surface area contributed by atoms with Crippen molar-refractivity contribution in [1.29, 1.82) is 0 Å². The lowest BCUT2D eigenvalue weighted by molar-refractivity contribution is -0.120. The Labute approximate surface area is 176 Å². The molecule has 4 fully saturated rings. The Bertz CT molecular complexity index is 845. The molecule has 0 aliphatic heterocycles. The van der Waals surface area contributed by atoms with Crippen molar-refractivity contribution < 1.29 is 4.79 Å². The van der Waals surface area contributed by atoms with Crippen LogP contribution in [0.15, 0.2) is 29.7 Å². The van der Waals surface area contributed by atoms with Crippen molar-refractivity contribution in [3.8, 4) is 11.4 Å². The Kier molecular flexibility index (Phi) is 5.10. The quantitative estimate of drug-likeness (QED) is 0.702. The Hall–Kier alpha value is -1.89. The number of hydrogen-bond donors (Lipinski definition) is 1. The molecule has 0 aromatic carbocycles. The van der Waals surface area contributed by atoms with E-state index >= 15 is 0 Å². The molecule has 0 spiro atoms. The molecule has 1 amide bonds. The van der Waals surface area contributed by atoms with Gasteiger partial charge in [-0.1, -0.05) is 11.8 Å². The first-order chi connectivity index (χ1) is 14.1. The maximum atomic E-state index is 12.6. The van der Waals surface area contributed by atoms with Crippen molar-refractivity contribution in [3.05, 3.63) is 24.5 Å². The number of aromatic nitrogens is 4. The van der Waals surface area contributed by atoms with Gasteiger partial charge in [0.1, 0.15) is 0 Å². The molecule has 1 N–H and O–H groups in total. The molecule has 2 aromatic rings. The largest absolute Gasteiger partial charge is 0.355 e. The Morgan fingerprint density at radius 1 is 1.14 bits per heavy atom. The van der Waals surface area contributed by atoms with Crippen LogP contribution in [-0.2, 0) is 11.3 Å². The molecule has 0 unspecified atom stereocenters. The third-order valence-corrected chi connectivity index (χ3v) is 8.10. The molecule has 4 bridgehead atoms. The fourth-order valence-corrected chi connectivity index (χ4v) is 7.20. The summed E-state index contributed by atoms with van der Waals surface area (Å²) in [6.45, 7) is 3.70. The number of nitrogens with one attached hydrogen (secondary N) is 1. The van der Waals surface area contributed by atoms with Gasteiger partial charge in [0.2, 0.25) is 5.91 Å². The number of carbonyl (C=O) groups excluding carboxylic acids is 1. The molecule has 4 saturated carbocycles. The molecule has 0 atom stereocenters.